The van der Waals surface area contributed by atoms with Crippen LogP contribution in [0.3, 0.4) is 0 Å². The predicted octanol–water partition coefficient (Wildman–Crippen LogP) is 1.71. The van der Waals surface area contributed by atoms with E-state index in [0.717, 1.165) is 12.0 Å². The molecule has 8 nitrogen and oxygen atoms in total. The molecule has 3 rings (SSSR count). The van der Waals surface area contributed by atoms with E-state index in [1.165, 1.54) is 16.8 Å². The summed E-state index contributed by atoms with van der Waals surface area (Å²) in [6.07, 6.45) is 1.76. The molecule has 2 aromatic rings. The normalized spacial score (nSPS) is 18.0. The number of piperidine rings is 1. The van der Waals surface area contributed by atoms with Gasteiger partial charge in [-0.15, -0.1) is 5.10 Å². The number of tetrazole rings is 1. The fraction of sp³-hybridized carbons (Fsp3) is 0.526. The summed E-state index contributed by atoms with van der Waals surface area (Å²) in [6.45, 7) is 4.69. The van der Waals surface area contributed by atoms with Crippen LogP contribution in [0.4, 0.5) is 4.39 Å². The first-order chi connectivity index (χ1) is 13.5. The summed E-state index contributed by atoms with van der Waals surface area (Å²) in [7, 11) is 0. The summed E-state index contributed by atoms with van der Waals surface area (Å²) in [5.41, 5.74) is 0.800. The zero-order valence-electron chi connectivity index (χ0n) is 16.0. The minimum absolute atomic E-state index is 0.159. The monoisotopic (exact) mass is 389 g/mol. The molecule has 9 heteroatoms. The molecule has 1 aliphatic rings. The van der Waals surface area contributed by atoms with Crippen LogP contribution in [-0.4, -0.2) is 56.7 Å². The second-order valence-electron chi connectivity index (χ2n) is 6.89. The maximum absolute atomic E-state index is 13.3. The Morgan fingerprint density at radius 1 is 1.32 bits per heavy atom. The van der Waals surface area contributed by atoms with Crippen molar-refractivity contribution in [1.82, 2.24) is 25.1 Å². The summed E-state index contributed by atoms with van der Waals surface area (Å²) >= 11 is 0. The SMILES string of the molecule is CCOC(=O)[C@H]1CCCN(C(=O)[C@@H](Cc2ccc(F)cc2)n2nnnc2C)C1. The molecular formula is C19H24FN5O3. The Balaban J connectivity index is 1.81. The van der Waals surface area contributed by atoms with Crippen LogP contribution in [0.2, 0.25) is 0 Å². The number of carbonyl (C=O) groups excluding carboxylic acids is 2. The largest absolute Gasteiger partial charge is 0.466 e. The van der Waals surface area contributed by atoms with Gasteiger partial charge in [-0.25, -0.2) is 9.07 Å². The van der Waals surface area contributed by atoms with Crippen LogP contribution in [0.25, 0.3) is 0 Å². The highest BCUT2D eigenvalue weighted by molar-refractivity contribution is 5.82. The molecule has 1 aromatic carbocycles. The molecule has 2 heterocycles. The zero-order chi connectivity index (χ0) is 20.1. The van der Waals surface area contributed by atoms with Crippen molar-refractivity contribution in [1.29, 1.82) is 0 Å². The molecule has 0 saturated carbocycles. The minimum atomic E-state index is -0.665. The van der Waals surface area contributed by atoms with Gasteiger partial charge in [-0.3, -0.25) is 9.59 Å². The van der Waals surface area contributed by atoms with Crippen LogP contribution in [0, 0.1) is 18.7 Å². The first-order valence-electron chi connectivity index (χ1n) is 9.44. The van der Waals surface area contributed by atoms with Gasteiger partial charge in [0.2, 0.25) is 5.91 Å². The lowest BCUT2D eigenvalue weighted by atomic mass is 9.96. The number of hydrogen-bond acceptors (Lipinski definition) is 6. The van der Waals surface area contributed by atoms with Crippen molar-refractivity contribution in [2.75, 3.05) is 19.7 Å². The molecule has 2 atom stereocenters. The standard InChI is InChI=1S/C19H24FN5O3/c1-3-28-19(27)15-5-4-10-24(12-15)18(26)17(25-13(2)21-22-23-25)11-14-6-8-16(20)9-7-14/h6-9,15,17H,3-5,10-12H2,1-2H3/t15-,17+/m0/s1. The van der Waals surface area contributed by atoms with Crippen LogP contribution in [0.5, 0.6) is 0 Å². The van der Waals surface area contributed by atoms with E-state index in [9.17, 15) is 14.0 Å². The van der Waals surface area contributed by atoms with Gasteiger partial charge in [0.1, 0.15) is 17.7 Å². The number of amides is 1. The number of carbonyl (C=O) groups is 2. The van der Waals surface area contributed by atoms with Gasteiger partial charge in [-0.05, 0) is 54.8 Å². The van der Waals surface area contributed by atoms with E-state index in [0.29, 0.717) is 38.4 Å². The Morgan fingerprint density at radius 2 is 2.07 bits per heavy atom. The fourth-order valence-electron chi connectivity index (χ4n) is 3.49. The summed E-state index contributed by atoms with van der Waals surface area (Å²) in [5.74, 6) is -0.570. The summed E-state index contributed by atoms with van der Waals surface area (Å²) in [5, 5.41) is 11.5. The third kappa shape index (κ3) is 4.52. The molecule has 0 spiro atoms. The van der Waals surface area contributed by atoms with Crippen LogP contribution in [0.15, 0.2) is 24.3 Å². The number of esters is 1. The molecule has 0 unspecified atom stereocenters. The van der Waals surface area contributed by atoms with E-state index in [1.807, 2.05) is 0 Å². The Labute approximate surface area is 162 Å². The first-order valence-corrected chi connectivity index (χ1v) is 9.44. The highest BCUT2D eigenvalue weighted by Crippen LogP contribution is 2.23. The summed E-state index contributed by atoms with van der Waals surface area (Å²) < 4.78 is 19.8. The Kier molecular flexibility index (Phi) is 6.33. The van der Waals surface area contributed by atoms with Gasteiger partial charge >= 0.3 is 5.97 Å². The van der Waals surface area contributed by atoms with Crippen LogP contribution < -0.4 is 0 Å². The predicted molar refractivity (Wildman–Crippen MR) is 97.6 cm³/mol. The Bertz CT molecular complexity index is 823. The number of nitrogens with zero attached hydrogens (tertiary/aromatic N) is 5. The van der Waals surface area contributed by atoms with Crippen LogP contribution >= 0.6 is 0 Å². The van der Waals surface area contributed by atoms with E-state index in [-0.39, 0.29) is 23.6 Å². The summed E-state index contributed by atoms with van der Waals surface area (Å²) in [4.78, 5) is 27.1. The van der Waals surface area contributed by atoms with E-state index in [1.54, 1.807) is 30.9 Å². The molecule has 150 valence electrons. The van der Waals surface area contributed by atoms with E-state index < -0.39 is 6.04 Å². The number of benzene rings is 1. The second kappa shape index (κ2) is 8.90. The zero-order valence-corrected chi connectivity index (χ0v) is 16.0. The number of aryl methyl sites for hydroxylation is 1. The van der Waals surface area contributed by atoms with Crippen LogP contribution in [0.1, 0.15) is 37.2 Å². The molecule has 0 bridgehead atoms. The van der Waals surface area contributed by atoms with Gasteiger partial charge in [0.25, 0.3) is 0 Å². The number of aromatic nitrogens is 4. The lowest BCUT2D eigenvalue weighted by Gasteiger charge is -2.34. The number of halogens is 1. The van der Waals surface area contributed by atoms with E-state index >= 15 is 0 Å². The average molecular weight is 389 g/mol. The topological polar surface area (TPSA) is 90.2 Å². The van der Waals surface area contributed by atoms with Crippen molar-refractivity contribution in [2.24, 2.45) is 5.92 Å². The number of hydrogen-bond donors (Lipinski definition) is 0. The molecular weight excluding hydrogens is 365 g/mol. The highest BCUT2D eigenvalue weighted by Gasteiger charge is 2.34. The van der Waals surface area contributed by atoms with Crippen molar-refractivity contribution in [3.8, 4) is 0 Å². The highest BCUT2D eigenvalue weighted by atomic mass is 19.1. The third-order valence-corrected chi connectivity index (χ3v) is 4.93. The van der Waals surface area contributed by atoms with E-state index in [4.69, 9.17) is 4.74 Å². The van der Waals surface area contributed by atoms with E-state index in [2.05, 4.69) is 15.5 Å². The van der Waals surface area contributed by atoms with Gasteiger partial charge < -0.3 is 9.64 Å². The van der Waals surface area contributed by atoms with Crippen molar-refractivity contribution < 1.29 is 18.7 Å². The molecule has 0 N–H and O–H groups in total. The van der Waals surface area contributed by atoms with Gasteiger partial charge in [0, 0.05) is 19.5 Å². The van der Waals surface area contributed by atoms with Crippen molar-refractivity contribution in [3.63, 3.8) is 0 Å². The maximum atomic E-state index is 13.3. The molecule has 1 saturated heterocycles. The quantitative estimate of drug-likeness (QED) is 0.699. The lowest BCUT2D eigenvalue weighted by molar-refractivity contribution is -0.151. The number of ether oxygens (including phenoxy) is 1. The van der Waals surface area contributed by atoms with Gasteiger partial charge in [0.05, 0.1) is 12.5 Å². The van der Waals surface area contributed by atoms with Gasteiger partial charge in [-0.1, -0.05) is 12.1 Å². The number of rotatable bonds is 6. The Hall–Kier alpha value is -2.84. The average Bonchev–Trinajstić information content (AvgIpc) is 3.13. The smallest absolute Gasteiger partial charge is 0.310 e. The molecule has 1 aromatic heterocycles. The van der Waals surface area contributed by atoms with Crippen molar-refractivity contribution in [2.45, 2.75) is 39.2 Å². The number of likely N-dealkylation sites (tertiary alicyclic amines) is 1. The van der Waals surface area contributed by atoms with Crippen LogP contribution in [-0.2, 0) is 20.7 Å². The lowest BCUT2D eigenvalue weighted by Crippen LogP contribution is -2.46. The minimum Gasteiger partial charge on any atom is -0.466 e. The Morgan fingerprint density at radius 3 is 2.71 bits per heavy atom. The third-order valence-electron chi connectivity index (χ3n) is 4.93. The molecule has 1 amide bonds. The van der Waals surface area contributed by atoms with Crippen molar-refractivity contribution >= 4 is 11.9 Å². The van der Waals surface area contributed by atoms with Gasteiger partial charge in [-0.2, -0.15) is 0 Å². The van der Waals surface area contributed by atoms with Gasteiger partial charge in [0.15, 0.2) is 0 Å². The maximum Gasteiger partial charge on any atom is 0.310 e. The first kappa shape index (κ1) is 19.9. The molecule has 28 heavy (non-hydrogen) atoms. The second-order valence-corrected chi connectivity index (χ2v) is 6.89. The van der Waals surface area contributed by atoms with Crippen molar-refractivity contribution in [3.05, 3.63) is 41.5 Å². The molecule has 0 aliphatic carbocycles. The molecule has 1 aliphatic heterocycles. The summed E-state index contributed by atoms with van der Waals surface area (Å²) in [6, 6.07) is 5.35. The molecule has 1 fully saturated rings. The fourth-order valence-corrected chi connectivity index (χ4v) is 3.49. The molecule has 0 radical (unpaired) electrons.